The molecular weight excluding hydrogens is 414 g/mol. The molecule has 1 fully saturated rings. The van der Waals surface area contributed by atoms with Crippen LogP contribution in [-0.2, 0) is 5.41 Å². The predicted octanol–water partition coefficient (Wildman–Crippen LogP) is 4.29. The number of carbonyl (C=O) groups excluding carboxylic acids is 1. The van der Waals surface area contributed by atoms with E-state index in [9.17, 15) is 4.79 Å². The van der Waals surface area contributed by atoms with E-state index in [4.69, 9.17) is 4.98 Å². The van der Waals surface area contributed by atoms with Crippen LogP contribution in [0.2, 0.25) is 0 Å². The van der Waals surface area contributed by atoms with Crippen LogP contribution in [0.15, 0.2) is 54.9 Å². The Morgan fingerprint density at radius 2 is 1.88 bits per heavy atom. The minimum Gasteiger partial charge on any atom is -0.340 e. The van der Waals surface area contributed by atoms with Crippen LogP contribution >= 0.6 is 0 Å². The molecule has 0 saturated carbocycles. The number of nitrogens with zero attached hydrogens (tertiary/aromatic N) is 6. The van der Waals surface area contributed by atoms with Crippen LogP contribution in [0.5, 0.6) is 0 Å². The number of aromatic amines is 1. The second-order valence-corrected chi connectivity index (χ2v) is 9.65. The smallest absolute Gasteiger partial charge is 0.275 e. The van der Waals surface area contributed by atoms with E-state index in [1.807, 2.05) is 25.1 Å². The van der Waals surface area contributed by atoms with Crippen molar-refractivity contribution < 1.29 is 4.79 Å². The van der Waals surface area contributed by atoms with E-state index in [0.29, 0.717) is 24.3 Å². The number of aryl methyl sites for hydroxylation is 1. The van der Waals surface area contributed by atoms with Crippen molar-refractivity contribution in [3.8, 4) is 5.69 Å². The molecule has 8 nitrogen and oxygen atoms in total. The Morgan fingerprint density at radius 1 is 1.12 bits per heavy atom. The number of carbonyl (C=O) groups is 1. The SMILES string of the molecule is C=C1C[C@@H](c2nc3ccc(C(C)(C)C)cc3[nH]2)N(C(=O)c2nc(C)ccc2-n2nccn2)C1. The van der Waals surface area contributed by atoms with Gasteiger partial charge in [0.25, 0.3) is 5.91 Å². The fraction of sp³-hybridized carbons (Fsp3) is 0.320. The summed E-state index contributed by atoms with van der Waals surface area (Å²) in [6.07, 6.45) is 3.81. The maximum absolute atomic E-state index is 13.8. The monoisotopic (exact) mass is 441 g/mol. The average molecular weight is 442 g/mol. The van der Waals surface area contributed by atoms with Crippen molar-refractivity contribution >= 4 is 16.9 Å². The van der Waals surface area contributed by atoms with Crippen molar-refractivity contribution in [2.45, 2.75) is 45.6 Å². The highest BCUT2D eigenvalue weighted by Crippen LogP contribution is 2.36. The van der Waals surface area contributed by atoms with Crippen LogP contribution in [-0.4, -0.2) is 47.3 Å². The number of imidazole rings is 1. The topological polar surface area (TPSA) is 92.6 Å². The molecule has 3 aromatic heterocycles. The molecule has 33 heavy (non-hydrogen) atoms. The maximum Gasteiger partial charge on any atom is 0.275 e. The summed E-state index contributed by atoms with van der Waals surface area (Å²) in [5.41, 5.74) is 5.72. The molecule has 4 heterocycles. The van der Waals surface area contributed by atoms with Gasteiger partial charge in [0.15, 0.2) is 5.69 Å². The van der Waals surface area contributed by atoms with Gasteiger partial charge in [-0.1, -0.05) is 39.0 Å². The molecule has 1 aliphatic rings. The number of nitrogens with one attached hydrogen (secondary N) is 1. The maximum atomic E-state index is 13.8. The van der Waals surface area contributed by atoms with E-state index in [-0.39, 0.29) is 17.4 Å². The molecule has 0 unspecified atom stereocenters. The molecule has 1 atom stereocenters. The van der Waals surface area contributed by atoms with Gasteiger partial charge in [-0.25, -0.2) is 9.97 Å². The lowest BCUT2D eigenvalue weighted by Gasteiger charge is -2.23. The Balaban J connectivity index is 1.54. The zero-order valence-electron chi connectivity index (χ0n) is 19.3. The largest absolute Gasteiger partial charge is 0.340 e. The van der Waals surface area contributed by atoms with Gasteiger partial charge in [0.05, 0.1) is 29.5 Å². The van der Waals surface area contributed by atoms with Crippen molar-refractivity contribution in [3.63, 3.8) is 0 Å². The third-order valence-electron chi connectivity index (χ3n) is 6.04. The van der Waals surface area contributed by atoms with Crippen LogP contribution < -0.4 is 0 Å². The van der Waals surface area contributed by atoms with Gasteiger partial charge in [0.1, 0.15) is 11.5 Å². The summed E-state index contributed by atoms with van der Waals surface area (Å²) in [7, 11) is 0. The van der Waals surface area contributed by atoms with Crippen molar-refractivity contribution in [2.24, 2.45) is 0 Å². The number of pyridine rings is 1. The number of hydrogen-bond acceptors (Lipinski definition) is 5. The summed E-state index contributed by atoms with van der Waals surface area (Å²) in [5.74, 6) is 0.569. The number of fused-ring (bicyclic) bond motifs is 1. The van der Waals surface area contributed by atoms with Gasteiger partial charge in [-0.05, 0) is 48.6 Å². The number of rotatable bonds is 3. The van der Waals surface area contributed by atoms with Gasteiger partial charge in [0, 0.05) is 12.2 Å². The van der Waals surface area contributed by atoms with E-state index in [1.165, 1.54) is 10.4 Å². The standard InChI is InChI=1S/C25H27N7O/c1-15-12-21(23-29-18-8-7-17(25(3,4)5)13-19(18)30-23)31(14-15)24(33)22-20(9-6-16(2)28-22)32-26-10-11-27-32/h6-11,13,21H,1,12,14H2,2-5H3,(H,29,30)/t21-/m0/s1. The van der Waals surface area contributed by atoms with Crippen LogP contribution in [0.3, 0.4) is 0 Å². The molecule has 1 aliphatic heterocycles. The summed E-state index contributed by atoms with van der Waals surface area (Å²) >= 11 is 0. The Bertz CT molecular complexity index is 1360. The third-order valence-corrected chi connectivity index (χ3v) is 6.04. The lowest BCUT2D eigenvalue weighted by molar-refractivity contribution is 0.0726. The van der Waals surface area contributed by atoms with Crippen LogP contribution in [0.25, 0.3) is 16.7 Å². The van der Waals surface area contributed by atoms with Crippen LogP contribution in [0.1, 0.15) is 60.8 Å². The zero-order valence-corrected chi connectivity index (χ0v) is 19.3. The van der Waals surface area contributed by atoms with Gasteiger partial charge in [-0.2, -0.15) is 10.2 Å². The quantitative estimate of drug-likeness (QED) is 0.479. The van der Waals surface area contributed by atoms with E-state index in [1.54, 1.807) is 17.3 Å². The van der Waals surface area contributed by atoms with E-state index >= 15 is 0 Å². The number of H-pyrrole nitrogens is 1. The molecular formula is C25H27N7O. The van der Waals surface area contributed by atoms with Crippen molar-refractivity contribution in [3.05, 3.63) is 77.7 Å². The first-order valence-electron chi connectivity index (χ1n) is 11.0. The molecule has 8 heteroatoms. The number of hydrogen-bond donors (Lipinski definition) is 1. The summed E-state index contributed by atoms with van der Waals surface area (Å²) in [5, 5.41) is 8.39. The number of aromatic nitrogens is 6. The molecule has 4 aromatic rings. The highest BCUT2D eigenvalue weighted by atomic mass is 16.2. The molecule has 0 aliphatic carbocycles. The summed E-state index contributed by atoms with van der Waals surface area (Å²) in [4.78, 5) is 29.8. The van der Waals surface area contributed by atoms with E-state index in [0.717, 1.165) is 28.1 Å². The van der Waals surface area contributed by atoms with Crippen molar-refractivity contribution in [1.82, 2.24) is 34.8 Å². The summed E-state index contributed by atoms with van der Waals surface area (Å²) in [6.45, 7) is 13.0. The normalized spacial score (nSPS) is 16.7. The van der Waals surface area contributed by atoms with Gasteiger partial charge >= 0.3 is 0 Å². The molecule has 168 valence electrons. The number of amides is 1. The second kappa shape index (κ2) is 7.65. The van der Waals surface area contributed by atoms with Crippen molar-refractivity contribution in [1.29, 1.82) is 0 Å². The predicted molar refractivity (Wildman–Crippen MR) is 126 cm³/mol. The lowest BCUT2D eigenvalue weighted by Crippen LogP contribution is -2.33. The average Bonchev–Trinajstić information content (AvgIpc) is 3.51. The molecule has 0 radical (unpaired) electrons. The Kier molecular flexibility index (Phi) is 4.88. The van der Waals surface area contributed by atoms with E-state index < -0.39 is 0 Å². The summed E-state index contributed by atoms with van der Waals surface area (Å²) < 4.78 is 0. The Labute approximate surface area is 192 Å². The minimum atomic E-state index is -0.240. The number of benzene rings is 1. The van der Waals surface area contributed by atoms with Crippen molar-refractivity contribution in [2.75, 3.05) is 6.54 Å². The third kappa shape index (κ3) is 3.82. The fourth-order valence-electron chi connectivity index (χ4n) is 4.25. The highest BCUT2D eigenvalue weighted by Gasteiger charge is 2.36. The first-order chi connectivity index (χ1) is 15.7. The van der Waals surface area contributed by atoms with Crippen LogP contribution in [0, 0.1) is 6.92 Å². The lowest BCUT2D eigenvalue weighted by atomic mass is 9.87. The van der Waals surface area contributed by atoms with Gasteiger partial charge in [-0.3, -0.25) is 4.79 Å². The molecule has 0 bridgehead atoms. The summed E-state index contributed by atoms with van der Waals surface area (Å²) in [6, 6.07) is 9.73. The fourth-order valence-corrected chi connectivity index (χ4v) is 4.25. The Hall–Kier alpha value is -3.81. The molecule has 1 saturated heterocycles. The molecule has 1 N–H and O–H groups in total. The van der Waals surface area contributed by atoms with Crippen LogP contribution in [0.4, 0.5) is 0 Å². The number of likely N-dealkylation sites (tertiary alicyclic amines) is 1. The molecule has 0 spiro atoms. The van der Waals surface area contributed by atoms with Gasteiger partial charge in [-0.15, -0.1) is 4.80 Å². The highest BCUT2D eigenvalue weighted by molar-refractivity contribution is 5.96. The first-order valence-corrected chi connectivity index (χ1v) is 11.0. The Morgan fingerprint density at radius 3 is 2.61 bits per heavy atom. The first kappa shape index (κ1) is 21.1. The molecule has 5 rings (SSSR count). The molecule has 1 amide bonds. The van der Waals surface area contributed by atoms with E-state index in [2.05, 4.69) is 59.6 Å². The second-order valence-electron chi connectivity index (χ2n) is 9.65. The zero-order chi connectivity index (χ0) is 23.3. The molecule has 1 aromatic carbocycles. The minimum absolute atomic E-state index is 0.0386. The van der Waals surface area contributed by atoms with Gasteiger partial charge in [0.2, 0.25) is 0 Å². The van der Waals surface area contributed by atoms with Gasteiger partial charge < -0.3 is 9.88 Å².